The number of nitrogens with zero attached hydrogens (tertiary/aromatic N) is 2. The van der Waals surface area contributed by atoms with Gasteiger partial charge in [0.2, 0.25) is 10.0 Å². The van der Waals surface area contributed by atoms with Crippen molar-refractivity contribution < 1.29 is 26.3 Å². The van der Waals surface area contributed by atoms with Crippen molar-refractivity contribution in [1.29, 1.82) is 0 Å². The van der Waals surface area contributed by atoms with E-state index in [9.17, 15) is 21.6 Å². The molecule has 3 N–H and O–H groups in total. The Bertz CT molecular complexity index is 693. The third-order valence-corrected chi connectivity index (χ3v) is 4.99. The number of hydrogen-bond acceptors (Lipinski definition) is 4. The normalized spacial score (nSPS) is 13.1. The summed E-state index contributed by atoms with van der Waals surface area (Å²) in [5.74, 6) is -0.520. The highest BCUT2D eigenvalue weighted by Gasteiger charge is 2.32. The summed E-state index contributed by atoms with van der Waals surface area (Å²) >= 11 is 0. The molecule has 0 atom stereocenters. The van der Waals surface area contributed by atoms with E-state index in [-0.39, 0.29) is 30.5 Å². The highest BCUT2D eigenvalue weighted by molar-refractivity contribution is 7.89. The second-order valence-electron chi connectivity index (χ2n) is 5.01. The number of rotatable bonds is 8. The first-order valence-corrected chi connectivity index (χ1v) is 9.02. The molecule has 0 saturated heterocycles. The second-order valence-corrected chi connectivity index (χ2v) is 7.38. The van der Waals surface area contributed by atoms with Gasteiger partial charge < -0.3 is 15.8 Å². The number of para-hydroxylation sites is 2. The van der Waals surface area contributed by atoms with Crippen LogP contribution in [-0.4, -0.2) is 50.9 Å². The Morgan fingerprint density at radius 2 is 2.00 bits per heavy atom. The van der Waals surface area contributed by atoms with Crippen LogP contribution in [0, 0.1) is 0 Å². The van der Waals surface area contributed by atoms with Gasteiger partial charge in [-0.05, 0) is 25.5 Å². The lowest BCUT2D eigenvalue weighted by Gasteiger charge is -2.15. The maximum Gasteiger partial charge on any atom is 0.573 e. The zero-order valence-electron chi connectivity index (χ0n) is 13.9. The number of benzene rings is 1. The van der Waals surface area contributed by atoms with Crippen LogP contribution < -0.4 is 15.8 Å². The molecule has 0 saturated carbocycles. The highest BCUT2D eigenvalue weighted by atomic mass is 32.2. The van der Waals surface area contributed by atoms with Crippen molar-refractivity contribution in [3.05, 3.63) is 24.3 Å². The number of ether oxygens (including phenoxy) is 1. The Hall–Kier alpha value is -2.01. The molecule has 0 aliphatic carbocycles. The molecule has 0 aromatic heterocycles. The van der Waals surface area contributed by atoms with Crippen LogP contribution >= 0.6 is 0 Å². The average Bonchev–Trinajstić information content (AvgIpc) is 2.51. The first-order chi connectivity index (χ1) is 11.5. The van der Waals surface area contributed by atoms with Crippen molar-refractivity contribution in [2.75, 3.05) is 31.2 Å². The van der Waals surface area contributed by atoms with Gasteiger partial charge in [0, 0.05) is 20.1 Å². The number of alkyl halides is 3. The first-order valence-electron chi connectivity index (χ1n) is 7.41. The number of hydrogen-bond donors (Lipinski definition) is 2. The molecular weight excluding hydrogens is 361 g/mol. The van der Waals surface area contributed by atoms with E-state index >= 15 is 0 Å². The second kappa shape index (κ2) is 8.90. The lowest BCUT2D eigenvalue weighted by Crippen LogP contribution is -2.30. The van der Waals surface area contributed by atoms with Gasteiger partial charge in [-0.25, -0.2) is 12.7 Å². The summed E-state index contributed by atoms with van der Waals surface area (Å²) in [4.78, 5) is 3.96. The molecule has 0 heterocycles. The number of nitrogens with one attached hydrogen (secondary N) is 1. The quantitative estimate of drug-likeness (QED) is 0.407. The molecule has 0 bridgehead atoms. The van der Waals surface area contributed by atoms with Crippen LogP contribution in [0.15, 0.2) is 29.3 Å². The van der Waals surface area contributed by atoms with E-state index in [0.29, 0.717) is 6.42 Å². The maximum atomic E-state index is 12.3. The summed E-state index contributed by atoms with van der Waals surface area (Å²) in [6.07, 6.45) is -4.40. The lowest BCUT2D eigenvalue weighted by molar-refractivity contribution is -0.274. The van der Waals surface area contributed by atoms with E-state index < -0.39 is 22.1 Å². The maximum absolute atomic E-state index is 12.3. The third kappa shape index (κ3) is 7.61. The zero-order valence-corrected chi connectivity index (χ0v) is 14.7. The van der Waals surface area contributed by atoms with Gasteiger partial charge in [-0.1, -0.05) is 12.1 Å². The molecule has 25 heavy (non-hydrogen) atoms. The van der Waals surface area contributed by atoms with Gasteiger partial charge in [-0.2, -0.15) is 0 Å². The van der Waals surface area contributed by atoms with E-state index in [0.717, 1.165) is 6.07 Å². The summed E-state index contributed by atoms with van der Waals surface area (Å²) in [6.45, 7) is 2.03. The van der Waals surface area contributed by atoms with Crippen molar-refractivity contribution in [2.45, 2.75) is 19.7 Å². The van der Waals surface area contributed by atoms with Crippen molar-refractivity contribution in [1.82, 2.24) is 4.31 Å². The Kier molecular flexibility index (Phi) is 7.49. The van der Waals surface area contributed by atoms with Gasteiger partial charge in [0.1, 0.15) is 0 Å². The monoisotopic (exact) mass is 382 g/mol. The van der Waals surface area contributed by atoms with Crippen LogP contribution in [0.1, 0.15) is 13.3 Å². The molecule has 1 aromatic rings. The van der Waals surface area contributed by atoms with Crippen molar-refractivity contribution in [3.63, 3.8) is 0 Å². The van der Waals surface area contributed by atoms with E-state index in [1.807, 2.05) is 0 Å². The van der Waals surface area contributed by atoms with Gasteiger partial charge in [-0.15, -0.1) is 13.2 Å². The Morgan fingerprint density at radius 3 is 2.60 bits per heavy atom. The molecule has 0 unspecified atom stereocenters. The van der Waals surface area contributed by atoms with Gasteiger partial charge in [0.25, 0.3) is 0 Å². The molecule has 0 spiro atoms. The molecule has 0 amide bonds. The minimum absolute atomic E-state index is 0.00640. The van der Waals surface area contributed by atoms with Crippen LogP contribution in [0.25, 0.3) is 0 Å². The van der Waals surface area contributed by atoms with Crippen LogP contribution in [0.5, 0.6) is 5.75 Å². The predicted octanol–water partition coefficient (Wildman–Crippen LogP) is 1.98. The molecule has 1 rings (SSSR count). The van der Waals surface area contributed by atoms with Crippen LogP contribution in [0.4, 0.5) is 18.9 Å². The highest BCUT2D eigenvalue weighted by Crippen LogP contribution is 2.29. The molecule has 0 radical (unpaired) electrons. The number of sulfonamides is 1. The fourth-order valence-electron chi connectivity index (χ4n) is 1.81. The molecule has 0 fully saturated rings. The van der Waals surface area contributed by atoms with Crippen LogP contribution in [0.2, 0.25) is 0 Å². The Balaban J connectivity index is 2.59. The number of aliphatic imine (C=N–C) groups is 1. The fraction of sp³-hybridized carbons (Fsp3) is 0.500. The fourth-order valence-corrected chi connectivity index (χ4v) is 2.66. The minimum Gasteiger partial charge on any atom is -0.404 e. The number of halogens is 3. The number of anilines is 1. The Morgan fingerprint density at radius 1 is 1.36 bits per heavy atom. The molecular formula is C14H21F3N4O3S. The number of nitrogens with two attached hydrogens (primary N) is 1. The van der Waals surface area contributed by atoms with Gasteiger partial charge >= 0.3 is 6.36 Å². The summed E-state index contributed by atoms with van der Waals surface area (Å²) < 4.78 is 65.3. The van der Waals surface area contributed by atoms with Crippen molar-refractivity contribution >= 4 is 21.7 Å². The van der Waals surface area contributed by atoms with Gasteiger partial charge in [0.15, 0.2) is 11.7 Å². The van der Waals surface area contributed by atoms with Crippen LogP contribution in [0.3, 0.4) is 0 Å². The Labute approximate surface area is 144 Å². The van der Waals surface area contributed by atoms with E-state index in [2.05, 4.69) is 15.0 Å². The van der Waals surface area contributed by atoms with Crippen molar-refractivity contribution in [3.8, 4) is 5.75 Å². The minimum atomic E-state index is -4.82. The first kappa shape index (κ1) is 21.0. The van der Waals surface area contributed by atoms with Gasteiger partial charge in [-0.3, -0.25) is 4.99 Å². The zero-order chi connectivity index (χ0) is 19.1. The van der Waals surface area contributed by atoms with E-state index in [1.165, 1.54) is 29.6 Å². The molecule has 7 nitrogen and oxygen atoms in total. The number of guanidine groups is 1. The third-order valence-electron chi connectivity index (χ3n) is 3.13. The van der Waals surface area contributed by atoms with E-state index in [1.54, 1.807) is 6.92 Å². The largest absolute Gasteiger partial charge is 0.573 e. The topological polar surface area (TPSA) is 97.0 Å². The molecule has 0 aliphatic rings. The van der Waals surface area contributed by atoms with E-state index in [4.69, 9.17) is 5.73 Å². The predicted molar refractivity (Wildman–Crippen MR) is 89.9 cm³/mol. The molecule has 11 heteroatoms. The summed E-state index contributed by atoms with van der Waals surface area (Å²) in [6, 6.07) is 5.42. The molecule has 142 valence electrons. The average molecular weight is 382 g/mol. The summed E-state index contributed by atoms with van der Waals surface area (Å²) in [5, 5.41) is 2.53. The van der Waals surface area contributed by atoms with Crippen LogP contribution in [-0.2, 0) is 10.0 Å². The van der Waals surface area contributed by atoms with Crippen molar-refractivity contribution in [2.24, 2.45) is 10.7 Å². The standard InChI is InChI=1S/C14H21F3N4O3S/c1-3-25(22,23)21(2)10-6-9-19-13(18)20-11-7-4-5-8-12(11)24-14(15,16)17/h4-5,7-8H,3,6,9-10H2,1-2H3,(H3,18,19,20). The smallest absolute Gasteiger partial charge is 0.404 e. The molecule has 0 aliphatic heterocycles. The lowest BCUT2D eigenvalue weighted by atomic mass is 10.3. The molecule has 1 aromatic carbocycles. The van der Waals surface area contributed by atoms with Gasteiger partial charge in [0.05, 0.1) is 11.4 Å². The SMILES string of the molecule is CCS(=O)(=O)N(C)CCCN=C(N)Nc1ccccc1OC(F)(F)F. The summed E-state index contributed by atoms with van der Waals surface area (Å²) in [7, 11) is -1.79. The summed E-state index contributed by atoms with van der Waals surface area (Å²) in [5.41, 5.74) is 5.66.